The SMILES string of the molecule is Nc1nc(NCC(F)F)c(F)cc1F. The minimum Gasteiger partial charge on any atom is -0.381 e. The van der Waals surface area contributed by atoms with Crippen LogP contribution >= 0.6 is 0 Å². The molecule has 1 heterocycles. The van der Waals surface area contributed by atoms with Crippen molar-refractivity contribution in [3.8, 4) is 0 Å². The number of nitrogens with one attached hydrogen (secondary N) is 1. The highest BCUT2D eigenvalue weighted by Crippen LogP contribution is 2.16. The molecule has 14 heavy (non-hydrogen) atoms. The molecule has 0 aliphatic rings. The van der Waals surface area contributed by atoms with E-state index in [0.29, 0.717) is 6.07 Å². The molecule has 78 valence electrons. The van der Waals surface area contributed by atoms with Gasteiger partial charge in [0.25, 0.3) is 6.43 Å². The third-order valence-electron chi connectivity index (χ3n) is 1.38. The molecule has 1 rings (SSSR count). The lowest BCUT2D eigenvalue weighted by Crippen LogP contribution is -2.13. The maximum atomic E-state index is 12.8. The Morgan fingerprint density at radius 3 is 2.57 bits per heavy atom. The molecule has 0 amide bonds. The third-order valence-corrected chi connectivity index (χ3v) is 1.38. The van der Waals surface area contributed by atoms with Gasteiger partial charge < -0.3 is 11.1 Å². The van der Waals surface area contributed by atoms with Gasteiger partial charge in [0.05, 0.1) is 6.54 Å². The van der Waals surface area contributed by atoms with Crippen molar-refractivity contribution in [1.29, 1.82) is 0 Å². The summed E-state index contributed by atoms with van der Waals surface area (Å²) in [6.45, 7) is -0.769. The largest absolute Gasteiger partial charge is 0.381 e. The summed E-state index contributed by atoms with van der Waals surface area (Å²) in [6, 6.07) is 0.482. The Morgan fingerprint density at radius 1 is 1.36 bits per heavy atom. The Hall–Kier alpha value is -1.53. The maximum Gasteiger partial charge on any atom is 0.255 e. The molecule has 0 radical (unpaired) electrons. The normalized spacial score (nSPS) is 10.6. The van der Waals surface area contributed by atoms with Crippen LogP contribution in [0.5, 0.6) is 0 Å². The second-order valence-electron chi connectivity index (χ2n) is 2.46. The summed E-state index contributed by atoms with van der Waals surface area (Å²) in [5.41, 5.74) is 5.02. The predicted octanol–water partition coefficient (Wildman–Crippen LogP) is 1.62. The molecule has 3 N–H and O–H groups in total. The van der Waals surface area contributed by atoms with Crippen LogP contribution in [0.3, 0.4) is 0 Å². The van der Waals surface area contributed by atoms with Crippen molar-refractivity contribution in [1.82, 2.24) is 4.98 Å². The van der Waals surface area contributed by atoms with Gasteiger partial charge >= 0.3 is 0 Å². The highest BCUT2D eigenvalue weighted by atomic mass is 19.3. The van der Waals surface area contributed by atoms with E-state index in [4.69, 9.17) is 5.73 Å². The van der Waals surface area contributed by atoms with E-state index < -0.39 is 36.2 Å². The molecule has 3 nitrogen and oxygen atoms in total. The molecule has 0 saturated heterocycles. The van der Waals surface area contributed by atoms with Crippen LogP contribution in [-0.2, 0) is 0 Å². The Bertz CT molecular complexity index is 329. The predicted molar refractivity (Wildman–Crippen MR) is 43.1 cm³/mol. The summed E-state index contributed by atoms with van der Waals surface area (Å²) >= 11 is 0. The zero-order chi connectivity index (χ0) is 10.7. The number of aromatic nitrogens is 1. The van der Waals surface area contributed by atoms with E-state index >= 15 is 0 Å². The van der Waals surface area contributed by atoms with E-state index in [9.17, 15) is 17.6 Å². The first-order chi connectivity index (χ1) is 6.50. The van der Waals surface area contributed by atoms with Crippen molar-refractivity contribution in [2.75, 3.05) is 17.6 Å². The van der Waals surface area contributed by atoms with Gasteiger partial charge in [-0.1, -0.05) is 0 Å². The molecule has 0 aliphatic heterocycles. The molecule has 1 aromatic heterocycles. The van der Waals surface area contributed by atoms with Gasteiger partial charge in [0.2, 0.25) is 0 Å². The summed E-state index contributed by atoms with van der Waals surface area (Å²) in [6.07, 6.45) is -2.65. The number of nitrogens with zero attached hydrogens (tertiary/aromatic N) is 1. The summed E-state index contributed by atoms with van der Waals surface area (Å²) in [4.78, 5) is 3.23. The number of nitrogens with two attached hydrogens (primary N) is 1. The van der Waals surface area contributed by atoms with Gasteiger partial charge in [0.1, 0.15) is 0 Å². The Labute approximate surface area is 76.9 Å². The molecule has 0 aromatic carbocycles. The molecule has 1 aromatic rings. The second-order valence-corrected chi connectivity index (χ2v) is 2.46. The Kier molecular flexibility index (Phi) is 3.10. The van der Waals surface area contributed by atoms with E-state index in [0.717, 1.165) is 0 Å². The van der Waals surface area contributed by atoms with Gasteiger partial charge in [0.15, 0.2) is 23.3 Å². The molecule has 0 unspecified atom stereocenters. The molecular formula is C7H7F4N3. The second kappa shape index (κ2) is 4.12. The number of anilines is 2. The third kappa shape index (κ3) is 2.48. The van der Waals surface area contributed by atoms with Gasteiger partial charge in [-0.05, 0) is 0 Å². The highest BCUT2D eigenvalue weighted by Gasteiger charge is 2.10. The smallest absolute Gasteiger partial charge is 0.255 e. The number of pyridine rings is 1. The monoisotopic (exact) mass is 209 g/mol. The van der Waals surface area contributed by atoms with Gasteiger partial charge in [-0.2, -0.15) is 0 Å². The maximum absolute atomic E-state index is 12.8. The fraction of sp³-hybridized carbons (Fsp3) is 0.286. The highest BCUT2D eigenvalue weighted by molar-refractivity contribution is 5.44. The number of rotatable bonds is 3. The average Bonchev–Trinajstić information content (AvgIpc) is 2.09. The first-order valence-corrected chi connectivity index (χ1v) is 3.64. The fourth-order valence-corrected chi connectivity index (χ4v) is 0.779. The topological polar surface area (TPSA) is 50.9 Å². The first kappa shape index (κ1) is 10.6. The van der Waals surface area contributed by atoms with Crippen molar-refractivity contribution in [3.63, 3.8) is 0 Å². The number of hydrogen-bond donors (Lipinski definition) is 2. The quantitative estimate of drug-likeness (QED) is 0.743. The van der Waals surface area contributed by atoms with Crippen LogP contribution in [0.15, 0.2) is 6.07 Å². The Morgan fingerprint density at radius 2 is 2.00 bits per heavy atom. The van der Waals surface area contributed by atoms with Crippen molar-refractivity contribution in [2.24, 2.45) is 0 Å². The van der Waals surface area contributed by atoms with Crippen LogP contribution in [-0.4, -0.2) is 18.0 Å². The van der Waals surface area contributed by atoms with Gasteiger partial charge in [-0.3, -0.25) is 0 Å². The molecule has 0 fully saturated rings. The van der Waals surface area contributed by atoms with Crippen molar-refractivity contribution in [2.45, 2.75) is 6.43 Å². The summed E-state index contributed by atoms with van der Waals surface area (Å²) in [7, 11) is 0. The molecule has 0 bridgehead atoms. The minimum absolute atomic E-state index is 0.482. The van der Waals surface area contributed by atoms with Crippen LogP contribution in [0.2, 0.25) is 0 Å². The molecule has 0 saturated carbocycles. The van der Waals surface area contributed by atoms with E-state index in [2.05, 4.69) is 4.98 Å². The van der Waals surface area contributed by atoms with E-state index in [1.165, 1.54) is 0 Å². The van der Waals surface area contributed by atoms with E-state index in [-0.39, 0.29) is 0 Å². The van der Waals surface area contributed by atoms with Gasteiger partial charge in [-0.15, -0.1) is 0 Å². The number of nitrogen functional groups attached to an aromatic ring is 1. The average molecular weight is 209 g/mol. The lowest BCUT2D eigenvalue weighted by Gasteiger charge is -2.06. The molecule has 0 atom stereocenters. The van der Waals surface area contributed by atoms with Crippen molar-refractivity contribution < 1.29 is 17.6 Å². The molecular weight excluding hydrogens is 202 g/mol. The molecule has 7 heteroatoms. The summed E-state index contributed by atoms with van der Waals surface area (Å²) < 4.78 is 48.8. The van der Waals surface area contributed by atoms with E-state index in [1.807, 2.05) is 5.32 Å². The molecule has 0 aliphatic carbocycles. The van der Waals surface area contributed by atoms with Crippen LogP contribution in [0.4, 0.5) is 29.2 Å². The van der Waals surface area contributed by atoms with Crippen molar-refractivity contribution in [3.05, 3.63) is 17.7 Å². The fourth-order valence-electron chi connectivity index (χ4n) is 0.779. The van der Waals surface area contributed by atoms with E-state index in [1.54, 1.807) is 0 Å². The number of alkyl halides is 2. The van der Waals surface area contributed by atoms with Crippen molar-refractivity contribution >= 4 is 11.6 Å². The van der Waals surface area contributed by atoms with Crippen LogP contribution in [0, 0.1) is 11.6 Å². The lowest BCUT2D eigenvalue weighted by atomic mass is 10.4. The van der Waals surface area contributed by atoms with Crippen LogP contribution in [0.25, 0.3) is 0 Å². The zero-order valence-corrected chi connectivity index (χ0v) is 6.90. The molecule has 0 spiro atoms. The van der Waals surface area contributed by atoms with Gasteiger partial charge in [0, 0.05) is 6.07 Å². The number of halogens is 4. The van der Waals surface area contributed by atoms with Gasteiger partial charge in [-0.25, -0.2) is 22.5 Å². The number of hydrogen-bond acceptors (Lipinski definition) is 3. The zero-order valence-electron chi connectivity index (χ0n) is 6.90. The van der Waals surface area contributed by atoms with Crippen LogP contribution < -0.4 is 11.1 Å². The first-order valence-electron chi connectivity index (χ1n) is 3.64. The minimum atomic E-state index is -2.65. The van der Waals surface area contributed by atoms with Crippen LogP contribution in [0.1, 0.15) is 0 Å². The summed E-state index contributed by atoms with van der Waals surface area (Å²) in [5, 5.41) is 2.00. The standard InChI is InChI=1S/C7H7F4N3/c8-3-1-4(9)7(14-6(3)12)13-2-5(10)11/h1,5H,2H2,(H3,12,13,14). The lowest BCUT2D eigenvalue weighted by molar-refractivity contribution is 0.163. The summed E-state index contributed by atoms with van der Waals surface area (Å²) in [5.74, 6) is -3.10. The Balaban J connectivity index is 2.82.